The van der Waals surface area contributed by atoms with E-state index >= 15 is 0 Å². The molecule has 1 aliphatic rings. The van der Waals surface area contributed by atoms with E-state index in [1.807, 2.05) is 58.1 Å². The van der Waals surface area contributed by atoms with Crippen LogP contribution in [0.5, 0.6) is 0 Å². The number of imidazole rings is 1. The molecule has 0 radical (unpaired) electrons. The van der Waals surface area contributed by atoms with Crippen molar-refractivity contribution in [2.24, 2.45) is 0 Å². The zero-order valence-corrected chi connectivity index (χ0v) is 20.6. The number of sulfonamides is 1. The van der Waals surface area contributed by atoms with Crippen LogP contribution >= 0.6 is 0 Å². The van der Waals surface area contributed by atoms with Gasteiger partial charge < -0.3 is 9.47 Å². The molecule has 1 saturated heterocycles. The zero-order chi connectivity index (χ0) is 24.4. The highest BCUT2D eigenvalue weighted by Crippen LogP contribution is 2.24. The van der Waals surface area contributed by atoms with Crippen molar-refractivity contribution in [2.45, 2.75) is 24.7 Å². The molecule has 5 rings (SSSR count). The van der Waals surface area contributed by atoms with Crippen molar-refractivity contribution in [3.63, 3.8) is 0 Å². The van der Waals surface area contributed by atoms with E-state index in [4.69, 9.17) is 4.98 Å². The first-order valence-corrected chi connectivity index (χ1v) is 13.1. The summed E-state index contributed by atoms with van der Waals surface area (Å²) in [5.74, 6) is 0.972. The van der Waals surface area contributed by atoms with Gasteiger partial charge in [-0.1, -0.05) is 38.1 Å². The first-order valence-electron chi connectivity index (χ1n) is 11.7. The topological polar surface area (TPSA) is 84.2 Å². The van der Waals surface area contributed by atoms with Crippen molar-refractivity contribution in [3.8, 4) is 16.9 Å². The molecule has 0 bridgehead atoms. The average molecular weight is 489 g/mol. The summed E-state index contributed by atoms with van der Waals surface area (Å²) in [7, 11) is -3.52. The minimum atomic E-state index is -3.52. The standard InChI is InChI=1S/C26H28N6O2S/c1-20(2)21-5-9-24(10-6-21)35(33,34)32-17-15-30(16-18-32)26-28-12-11-25(29-26)22-3-7-23(8-4-22)31-14-13-27-19-31/h3-14,19-20H,15-18H2,1-2H3. The fourth-order valence-electron chi connectivity index (χ4n) is 4.18. The van der Waals surface area contributed by atoms with Gasteiger partial charge >= 0.3 is 0 Å². The Hall–Kier alpha value is -3.56. The van der Waals surface area contributed by atoms with Gasteiger partial charge in [0.2, 0.25) is 16.0 Å². The second-order valence-electron chi connectivity index (χ2n) is 8.87. The normalized spacial score (nSPS) is 15.0. The Morgan fingerprint density at radius 2 is 1.57 bits per heavy atom. The summed E-state index contributed by atoms with van der Waals surface area (Å²) in [5.41, 5.74) is 3.97. The Labute approximate surface area is 206 Å². The highest BCUT2D eigenvalue weighted by molar-refractivity contribution is 7.89. The van der Waals surface area contributed by atoms with Gasteiger partial charge in [0.15, 0.2) is 0 Å². The molecule has 4 aromatic rings. The molecular formula is C26H28N6O2S. The van der Waals surface area contributed by atoms with Crippen LogP contribution in [0.2, 0.25) is 0 Å². The van der Waals surface area contributed by atoms with E-state index in [0.717, 1.165) is 22.5 Å². The first kappa shape index (κ1) is 23.2. The van der Waals surface area contributed by atoms with Gasteiger partial charge in [-0.3, -0.25) is 0 Å². The molecule has 2 aromatic carbocycles. The maximum absolute atomic E-state index is 13.1. The highest BCUT2D eigenvalue weighted by Gasteiger charge is 2.29. The third kappa shape index (κ3) is 4.82. The van der Waals surface area contributed by atoms with Crippen LogP contribution in [0.25, 0.3) is 16.9 Å². The molecule has 1 aliphatic heterocycles. The van der Waals surface area contributed by atoms with Gasteiger partial charge in [-0.05, 0) is 41.8 Å². The third-order valence-electron chi connectivity index (χ3n) is 6.31. The number of benzene rings is 2. The predicted molar refractivity (Wildman–Crippen MR) is 136 cm³/mol. The number of nitrogens with zero attached hydrogens (tertiary/aromatic N) is 6. The fraction of sp³-hybridized carbons (Fsp3) is 0.269. The molecule has 0 aliphatic carbocycles. The largest absolute Gasteiger partial charge is 0.338 e. The van der Waals surface area contributed by atoms with Crippen LogP contribution in [0.3, 0.4) is 0 Å². The van der Waals surface area contributed by atoms with Crippen molar-refractivity contribution in [1.82, 2.24) is 23.8 Å². The summed E-state index contributed by atoms with van der Waals surface area (Å²) >= 11 is 0. The van der Waals surface area contributed by atoms with Crippen molar-refractivity contribution in [1.29, 1.82) is 0 Å². The number of hydrogen-bond acceptors (Lipinski definition) is 6. The monoisotopic (exact) mass is 488 g/mol. The maximum Gasteiger partial charge on any atom is 0.243 e. The molecule has 3 heterocycles. The van der Waals surface area contributed by atoms with Gasteiger partial charge in [0.25, 0.3) is 0 Å². The van der Waals surface area contributed by atoms with Crippen LogP contribution in [0, 0.1) is 0 Å². The minimum Gasteiger partial charge on any atom is -0.338 e. The molecule has 8 nitrogen and oxygen atoms in total. The number of aromatic nitrogens is 4. The lowest BCUT2D eigenvalue weighted by atomic mass is 10.0. The summed E-state index contributed by atoms with van der Waals surface area (Å²) in [5, 5.41) is 0. The molecule has 2 aromatic heterocycles. The lowest BCUT2D eigenvalue weighted by molar-refractivity contribution is 0.382. The Bertz CT molecular complexity index is 1380. The van der Waals surface area contributed by atoms with Crippen LogP contribution in [0.1, 0.15) is 25.3 Å². The van der Waals surface area contributed by atoms with E-state index < -0.39 is 10.0 Å². The molecule has 1 fully saturated rings. The van der Waals surface area contributed by atoms with E-state index in [-0.39, 0.29) is 0 Å². The number of anilines is 1. The molecule has 0 saturated carbocycles. The van der Waals surface area contributed by atoms with Gasteiger partial charge in [-0.15, -0.1) is 0 Å². The minimum absolute atomic E-state index is 0.340. The smallest absolute Gasteiger partial charge is 0.243 e. The zero-order valence-electron chi connectivity index (χ0n) is 19.8. The summed E-state index contributed by atoms with van der Waals surface area (Å²) in [6.45, 7) is 6.04. The highest BCUT2D eigenvalue weighted by atomic mass is 32.2. The van der Waals surface area contributed by atoms with E-state index in [2.05, 4.69) is 23.8 Å². The van der Waals surface area contributed by atoms with Crippen LogP contribution < -0.4 is 4.90 Å². The molecule has 9 heteroatoms. The molecule has 180 valence electrons. The van der Waals surface area contributed by atoms with Gasteiger partial charge in [-0.2, -0.15) is 4.31 Å². The summed E-state index contributed by atoms with van der Waals surface area (Å²) in [4.78, 5) is 15.7. The Balaban J connectivity index is 1.27. The molecule has 0 amide bonds. The number of piperazine rings is 1. The van der Waals surface area contributed by atoms with Crippen molar-refractivity contribution in [2.75, 3.05) is 31.1 Å². The van der Waals surface area contributed by atoms with Crippen LogP contribution in [0.4, 0.5) is 5.95 Å². The SMILES string of the molecule is CC(C)c1ccc(S(=O)(=O)N2CCN(c3nccc(-c4ccc(-n5ccnc5)cc4)n3)CC2)cc1. The number of hydrogen-bond donors (Lipinski definition) is 0. The van der Waals surface area contributed by atoms with Crippen molar-refractivity contribution in [3.05, 3.63) is 85.1 Å². The number of rotatable bonds is 6. The molecule has 0 spiro atoms. The van der Waals surface area contributed by atoms with Gasteiger partial charge in [0, 0.05) is 56.0 Å². The van der Waals surface area contributed by atoms with Crippen molar-refractivity contribution >= 4 is 16.0 Å². The third-order valence-corrected chi connectivity index (χ3v) is 8.23. The maximum atomic E-state index is 13.1. The Morgan fingerprint density at radius 3 is 2.20 bits per heavy atom. The van der Waals surface area contributed by atoms with Gasteiger partial charge in [-0.25, -0.2) is 23.4 Å². The van der Waals surface area contributed by atoms with Crippen LogP contribution in [-0.2, 0) is 10.0 Å². The molecule has 0 atom stereocenters. The quantitative estimate of drug-likeness (QED) is 0.408. The lowest BCUT2D eigenvalue weighted by Crippen LogP contribution is -2.49. The average Bonchev–Trinajstić information content (AvgIpc) is 3.44. The fourth-order valence-corrected chi connectivity index (χ4v) is 5.60. The molecule has 0 unspecified atom stereocenters. The van der Waals surface area contributed by atoms with E-state index in [0.29, 0.717) is 42.9 Å². The van der Waals surface area contributed by atoms with Gasteiger partial charge in [0.05, 0.1) is 16.9 Å². The Kier molecular flexibility index (Phi) is 6.36. The van der Waals surface area contributed by atoms with E-state index in [1.54, 1.807) is 35.2 Å². The van der Waals surface area contributed by atoms with Crippen LogP contribution in [0.15, 0.2) is 84.4 Å². The lowest BCUT2D eigenvalue weighted by Gasteiger charge is -2.34. The van der Waals surface area contributed by atoms with Crippen LogP contribution in [-0.4, -0.2) is 58.4 Å². The second kappa shape index (κ2) is 9.59. The Morgan fingerprint density at radius 1 is 0.857 bits per heavy atom. The molecule has 35 heavy (non-hydrogen) atoms. The first-order chi connectivity index (χ1) is 16.9. The summed E-state index contributed by atoms with van der Waals surface area (Å²) < 4.78 is 29.8. The van der Waals surface area contributed by atoms with Crippen molar-refractivity contribution < 1.29 is 8.42 Å². The summed E-state index contributed by atoms with van der Waals surface area (Å²) in [6.07, 6.45) is 7.16. The van der Waals surface area contributed by atoms with E-state index in [9.17, 15) is 8.42 Å². The second-order valence-corrected chi connectivity index (χ2v) is 10.8. The van der Waals surface area contributed by atoms with Gasteiger partial charge in [0.1, 0.15) is 0 Å². The summed E-state index contributed by atoms with van der Waals surface area (Å²) in [6, 6.07) is 17.2. The molecular weight excluding hydrogens is 460 g/mol. The molecule has 0 N–H and O–H groups in total. The van der Waals surface area contributed by atoms with E-state index in [1.165, 1.54) is 0 Å². The predicted octanol–water partition coefficient (Wildman–Crippen LogP) is 3.96.